The summed E-state index contributed by atoms with van der Waals surface area (Å²) in [6.07, 6.45) is 2.62. The molecule has 1 aliphatic heterocycles. The Morgan fingerprint density at radius 2 is 2.03 bits per heavy atom. The predicted molar refractivity (Wildman–Crippen MR) is 127 cm³/mol. The number of aromatic nitrogens is 1. The number of likely N-dealkylation sites (N-methyl/N-ethyl adjacent to an activating group) is 1. The summed E-state index contributed by atoms with van der Waals surface area (Å²) in [5.41, 5.74) is 3.12. The maximum absolute atomic E-state index is 12.5. The molecule has 1 fully saturated rings. The minimum absolute atomic E-state index is 0.154. The first kappa shape index (κ1) is 21.5. The van der Waals surface area contributed by atoms with Gasteiger partial charge in [0.2, 0.25) is 0 Å². The Bertz CT molecular complexity index is 1000. The van der Waals surface area contributed by atoms with E-state index in [1.165, 1.54) is 16.0 Å². The Morgan fingerprint density at radius 1 is 1.23 bits per heavy atom. The van der Waals surface area contributed by atoms with Crippen molar-refractivity contribution < 1.29 is 9.53 Å². The zero-order chi connectivity index (χ0) is 21.8. The zero-order valence-corrected chi connectivity index (χ0v) is 19.1. The number of likely N-dealkylation sites (tertiary alicyclic amines) is 1. The first-order valence-corrected chi connectivity index (χ1v) is 11.6. The van der Waals surface area contributed by atoms with Gasteiger partial charge < -0.3 is 9.64 Å². The van der Waals surface area contributed by atoms with E-state index in [1.807, 2.05) is 20.9 Å². The van der Waals surface area contributed by atoms with Crippen molar-refractivity contribution in [2.75, 3.05) is 25.0 Å². The molecule has 2 aromatic heterocycles. The number of rotatable bonds is 7. The molecule has 3 aromatic rings. The third-order valence-corrected chi connectivity index (χ3v) is 6.56. The van der Waals surface area contributed by atoms with Gasteiger partial charge in [-0.25, -0.2) is 9.78 Å². The van der Waals surface area contributed by atoms with Crippen LogP contribution in [0.4, 0.5) is 5.82 Å². The van der Waals surface area contributed by atoms with Gasteiger partial charge in [0.15, 0.2) is 0 Å². The maximum atomic E-state index is 12.5. The molecule has 1 unspecified atom stereocenters. The Labute approximate surface area is 188 Å². The van der Waals surface area contributed by atoms with Crippen molar-refractivity contribution in [3.63, 3.8) is 0 Å². The summed E-state index contributed by atoms with van der Waals surface area (Å²) >= 11 is 1.77. The molecule has 3 heterocycles. The SMILES string of the molecule is CC(C)OC(=O)c1cccnc1N(C)C1CCN(Cc2ccc(-c3cccs3)cc2)C1. The van der Waals surface area contributed by atoms with E-state index in [0.29, 0.717) is 17.4 Å². The summed E-state index contributed by atoms with van der Waals surface area (Å²) in [7, 11) is 2.03. The van der Waals surface area contributed by atoms with Gasteiger partial charge >= 0.3 is 5.97 Å². The second-order valence-corrected chi connectivity index (χ2v) is 9.24. The van der Waals surface area contributed by atoms with Crippen molar-refractivity contribution in [3.8, 4) is 10.4 Å². The molecule has 5 nitrogen and oxygen atoms in total. The van der Waals surface area contributed by atoms with E-state index in [-0.39, 0.29) is 12.1 Å². The van der Waals surface area contributed by atoms with Crippen LogP contribution in [0.25, 0.3) is 10.4 Å². The topological polar surface area (TPSA) is 45.7 Å². The summed E-state index contributed by atoms with van der Waals surface area (Å²) in [5, 5.41) is 2.11. The fraction of sp³-hybridized carbons (Fsp3) is 0.360. The van der Waals surface area contributed by atoms with Gasteiger partial charge in [0.05, 0.1) is 6.10 Å². The van der Waals surface area contributed by atoms with Gasteiger partial charge in [-0.1, -0.05) is 30.3 Å². The van der Waals surface area contributed by atoms with Crippen molar-refractivity contribution in [2.45, 2.75) is 39.0 Å². The monoisotopic (exact) mass is 435 g/mol. The predicted octanol–water partition coefficient (Wildman–Crippen LogP) is 5.09. The molecule has 1 atom stereocenters. The van der Waals surface area contributed by atoms with Crippen LogP contribution in [0.2, 0.25) is 0 Å². The highest BCUT2D eigenvalue weighted by Gasteiger charge is 2.29. The van der Waals surface area contributed by atoms with Crippen LogP contribution in [0, 0.1) is 0 Å². The zero-order valence-electron chi connectivity index (χ0n) is 18.3. The van der Waals surface area contributed by atoms with Crippen LogP contribution in [0.15, 0.2) is 60.1 Å². The molecule has 0 bridgehead atoms. The first-order valence-electron chi connectivity index (χ1n) is 10.8. The van der Waals surface area contributed by atoms with Crippen LogP contribution in [0.5, 0.6) is 0 Å². The van der Waals surface area contributed by atoms with Gasteiger partial charge in [0.1, 0.15) is 11.4 Å². The fourth-order valence-corrected chi connectivity index (χ4v) is 4.77. The number of pyridine rings is 1. The van der Waals surface area contributed by atoms with E-state index in [0.717, 1.165) is 26.1 Å². The molecule has 0 N–H and O–H groups in total. The van der Waals surface area contributed by atoms with E-state index in [4.69, 9.17) is 4.74 Å². The number of hydrogen-bond acceptors (Lipinski definition) is 6. The van der Waals surface area contributed by atoms with E-state index >= 15 is 0 Å². The molecule has 0 aliphatic carbocycles. The number of nitrogens with zero attached hydrogens (tertiary/aromatic N) is 3. The molecule has 1 saturated heterocycles. The minimum atomic E-state index is -0.314. The summed E-state index contributed by atoms with van der Waals surface area (Å²) in [6.45, 7) is 6.62. The second kappa shape index (κ2) is 9.62. The largest absolute Gasteiger partial charge is 0.459 e. The number of hydrogen-bond donors (Lipinski definition) is 0. The van der Waals surface area contributed by atoms with Crippen molar-refractivity contribution in [1.29, 1.82) is 0 Å². The highest BCUT2D eigenvalue weighted by Crippen LogP contribution is 2.27. The van der Waals surface area contributed by atoms with Gasteiger partial charge in [0, 0.05) is 43.8 Å². The van der Waals surface area contributed by atoms with Crippen LogP contribution in [0.3, 0.4) is 0 Å². The number of carbonyl (C=O) groups is 1. The summed E-state index contributed by atoms with van der Waals surface area (Å²) < 4.78 is 5.41. The van der Waals surface area contributed by atoms with Gasteiger partial charge in [-0.3, -0.25) is 4.90 Å². The highest BCUT2D eigenvalue weighted by molar-refractivity contribution is 7.13. The second-order valence-electron chi connectivity index (χ2n) is 8.29. The lowest BCUT2D eigenvalue weighted by atomic mass is 10.1. The van der Waals surface area contributed by atoms with Crippen LogP contribution < -0.4 is 4.90 Å². The van der Waals surface area contributed by atoms with Gasteiger partial charge in [-0.2, -0.15) is 0 Å². The minimum Gasteiger partial charge on any atom is -0.459 e. The van der Waals surface area contributed by atoms with E-state index < -0.39 is 0 Å². The fourth-order valence-electron chi connectivity index (χ4n) is 4.04. The molecule has 4 rings (SSSR count). The van der Waals surface area contributed by atoms with Crippen molar-refractivity contribution >= 4 is 23.1 Å². The molecule has 6 heteroatoms. The average molecular weight is 436 g/mol. The molecule has 31 heavy (non-hydrogen) atoms. The van der Waals surface area contributed by atoms with Crippen LogP contribution >= 0.6 is 11.3 Å². The molecule has 0 saturated carbocycles. The number of benzene rings is 1. The number of esters is 1. The lowest BCUT2D eigenvalue weighted by Gasteiger charge is -2.27. The van der Waals surface area contributed by atoms with Crippen molar-refractivity contribution in [3.05, 3.63) is 71.2 Å². The van der Waals surface area contributed by atoms with Crippen molar-refractivity contribution in [1.82, 2.24) is 9.88 Å². The molecule has 0 radical (unpaired) electrons. The maximum Gasteiger partial charge on any atom is 0.342 e. The van der Waals surface area contributed by atoms with Crippen LogP contribution in [0.1, 0.15) is 36.2 Å². The Hall–Kier alpha value is -2.70. The molecule has 1 aromatic carbocycles. The number of thiophene rings is 1. The van der Waals surface area contributed by atoms with E-state index in [1.54, 1.807) is 29.7 Å². The molecular weight excluding hydrogens is 406 g/mol. The summed E-state index contributed by atoms with van der Waals surface area (Å²) in [6, 6.07) is 17.0. The third-order valence-electron chi connectivity index (χ3n) is 5.64. The van der Waals surface area contributed by atoms with Gasteiger partial charge in [-0.15, -0.1) is 11.3 Å². The quantitative estimate of drug-likeness (QED) is 0.484. The van der Waals surface area contributed by atoms with Crippen molar-refractivity contribution in [2.24, 2.45) is 0 Å². The number of ether oxygens (including phenoxy) is 1. The summed E-state index contributed by atoms with van der Waals surface area (Å²) in [4.78, 5) is 22.9. The summed E-state index contributed by atoms with van der Waals surface area (Å²) in [5.74, 6) is 0.380. The molecular formula is C25H29N3O2S. The normalized spacial score (nSPS) is 16.6. The Morgan fingerprint density at radius 3 is 2.74 bits per heavy atom. The average Bonchev–Trinajstić information content (AvgIpc) is 3.46. The van der Waals surface area contributed by atoms with Crippen LogP contribution in [-0.2, 0) is 11.3 Å². The molecule has 1 aliphatic rings. The molecule has 162 valence electrons. The standard InChI is InChI=1S/C25H29N3O2S/c1-18(2)30-25(29)22-6-4-13-26-24(22)27(3)21-12-14-28(17-21)16-19-8-10-20(11-9-19)23-7-5-15-31-23/h4-11,13,15,18,21H,12,14,16-17H2,1-3H3. The van der Waals surface area contributed by atoms with Gasteiger partial charge in [-0.05, 0) is 55.0 Å². The Balaban J connectivity index is 1.39. The smallest absolute Gasteiger partial charge is 0.342 e. The molecule has 0 spiro atoms. The lowest BCUT2D eigenvalue weighted by molar-refractivity contribution is 0.0378. The van der Waals surface area contributed by atoms with Crippen LogP contribution in [-0.4, -0.2) is 48.1 Å². The third kappa shape index (κ3) is 5.14. The Kier molecular flexibility index (Phi) is 6.68. The van der Waals surface area contributed by atoms with E-state index in [9.17, 15) is 4.79 Å². The van der Waals surface area contributed by atoms with E-state index in [2.05, 4.69) is 56.6 Å². The number of carbonyl (C=O) groups excluding carboxylic acids is 1. The first-order chi connectivity index (χ1) is 15.0. The molecule has 0 amide bonds. The highest BCUT2D eigenvalue weighted by atomic mass is 32.1. The van der Waals surface area contributed by atoms with Gasteiger partial charge in [0.25, 0.3) is 0 Å². The lowest BCUT2D eigenvalue weighted by Crippen LogP contribution is -2.36. The number of anilines is 1.